The van der Waals surface area contributed by atoms with Gasteiger partial charge in [-0.3, -0.25) is 9.78 Å². The third kappa shape index (κ3) is 4.71. The number of hydrogen-bond acceptors (Lipinski definition) is 4. The van der Waals surface area contributed by atoms with E-state index >= 15 is 0 Å². The topological polar surface area (TPSA) is 101 Å². The van der Waals surface area contributed by atoms with E-state index in [4.69, 9.17) is 9.84 Å². The van der Waals surface area contributed by atoms with E-state index in [9.17, 15) is 9.59 Å². The van der Waals surface area contributed by atoms with Crippen LogP contribution in [0.1, 0.15) is 25.0 Å². The molecule has 1 saturated carbocycles. The monoisotopic (exact) mass is 293 g/mol. The maximum absolute atomic E-state index is 11.8. The van der Waals surface area contributed by atoms with Gasteiger partial charge < -0.3 is 20.5 Å². The number of rotatable bonds is 5. The average molecular weight is 293 g/mol. The predicted octanol–water partition coefficient (Wildman–Crippen LogP) is 1.40. The molecule has 1 heterocycles. The van der Waals surface area contributed by atoms with Gasteiger partial charge in [-0.2, -0.15) is 0 Å². The van der Waals surface area contributed by atoms with Gasteiger partial charge in [0.1, 0.15) is 0 Å². The molecule has 7 nitrogen and oxygen atoms in total. The number of carbonyl (C=O) groups excluding carboxylic acids is 1. The van der Waals surface area contributed by atoms with Gasteiger partial charge in [-0.05, 0) is 31.4 Å². The summed E-state index contributed by atoms with van der Waals surface area (Å²) in [5.74, 6) is -0.935. The molecule has 2 atom stereocenters. The second-order valence-corrected chi connectivity index (χ2v) is 5.07. The highest BCUT2D eigenvalue weighted by Gasteiger charge is 2.25. The summed E-state index contributed by atoms with van der Waals surface area (Å²) < 4.78 is 5.26. The Labute approximate surface area is 122 Å². The van der Waals surface area contributed by atoms with E-state index < -0.39 is 5.97 Å². The summed E-state index contributed by atoms with van der Waals surface area (Å²) in [6, 6.07) is 3.05. The lowest BCUT2D eigenvalue weighted by Crippen LogP contribution is -2.36. The fraction of sp³-hybridized carbons (Fsp3) is 0.500. The Balaban J connectivity index is 1.81. The first kappa shape index (κ1) is 15.2. The van der Waals surface area contributed by atoms with E-state index in [2.05, 4.69) is 15.6 Å². The zero-order valence-electron chi connectivity index (χ0n) is 11.8. The second kappa shape index (κ2) is 7.03. The summed E-state index contributed by atoms with van der Waals surface area (Å²) in [6.07, 6.45) is 4.21. The van der Waals surface area contributed by atoms with Crippen molar-refractivity contribution in [3.8, 4) is 0 Å². The smallest absolute Gasteiger partial charge is 0.319 e. The number of nitrogens with one attached hydrogen (secondary N) is 2. The third-order valence-electron chi connectivity index (χ3n) is 3.47. The molecule has 1 fully saturated rings. The molecular formula is C14H19N3O4. The molecule has 21 heavy (non-hydrogen) atoms. The first-order valence-corrected chi connectivity index (χ1v) is 6.84. The number of pyridine rings is 1. The van der Waals surface area contributed by atoms with Gasteiger partial charge in [0.25, 0.3) is 0 Å². The van der Waals surface area contributed by atoms with Crippen LogP contribution in [0.4, 0.5) is 10.5 Å². The molecule has 0 spiro atoms. The molecule has 2 unspecified atom stereocenters. The standard InChI is InChI=1S/C14H19N3O4/c1-21-12-5-4-10(6-12)16-14(20)17-11-3-2-9(15-8-11)7-13(18)19/h2-3,8,10,12H,4-7H2,1H3,(H,18,19)(H2,16,17,20). The van der Waals surface area contributed by atoms with Gasteiger partial charge in [-0.1, -0.05) is 0 Å². The molecule has 0 aliphatic heterocycles. The normalized spacial score (nSPS) is 21.0. The lowest BCUT2D eigenvalue weighted by Gasteiger charge is -2.13. The number of anilines is 1. The minimum atomic E-state index is -0.935. The maximum atomic E-state index is 11.8. The van der Waals surface area contributed by atoms with Gasteiger partial charge in [-0.15, -0.1) is 0 Å². The van der Waals surface area contributed by atoms with Crippen molar-refractivity contribution in [3.05, 3.63) is 24.0 Å². The summed E-state index contributed by atoms with van der Waals surface area (Å²) in [4.78, 5) is 26.4. The minimum Gasteiger partial charge on any atom is -0.481 e. The molecule has 1 aromatic heterocycles. The Kier molecular flexibility index (Phi) is 5.10. The minimum absolute atomic E-state index is 0.120. The number of urea groups is 1. The number of aliphatic carboxylic acids is 1. The Hall–Kier alpha value is -2.15. The Morgan fingerprint density at radius 2 is 2.24 bits per heavy atom. The van der Waals surface area contributed by atoms with Gasteiger partial charge >= 0.3 is 12.0 Å². The number of methoxy groups -OCH3 is 1. The molecule has 0 saturated heterocycles. The fourth-order valence-electron chi connectivity index (χ4n) is 2.40. The lowest BCUT2D eigenvalue weighted by atomic mass is 10.2. The Bertz CT molecular complexity index is 503. The van der Waals surface area contributed by atoms with Gasteiger partial charge in [0.15, 0.2) is 0 Å². The molecular weight excluding hydrogens is 274 g/mol. The number of amides is 2. The molecule has 2 amide bonds. The highest BCUT2D eigenvalue weighted by molar-refractivity contribution is 5.89. The summed E-state index contributed by atoms with van der Waals surface area (Å²) in [6.45, 7) is 0. The zero-order chi connectivity index (χ0) is 15.2. The van der Waals surface area contributed by atoms with Crippen LogP contribution in [0.5, 0.6) is 0 Å². The largest absolute Gasteiger partial charge is 0.481 e. The molecule has 0 bridgehead atoms. The van der Waals surface area contributed by atoms with Crippen molar-refractivity contribution >= 4 is 17.7 Å². The van der Waals surface area contributed by atoms with Crippen molar-refractivity contribution in [3.63, 3.8) is 0 Å². The number of hydrogen-bond donors (Lipinski definition) is 3. The number of carbonyl (C=O) groups is 2. The van der Waals surface area contributed by atoms with E-state index in [1.807, 2.05) is 0 Å². The summed E-state index contributed by atoms with van der Waals surface area (Å²) in [7, 11) is 1.68. The molecule has 0 radical (unpaired) electrons. The van der Waals surface area contributed by atoms with E-state index in [0.29, 0.717) is 11.4 Å². The molecule has 1 aromatic rings. The van der Waals surface area contributed by atoms with Crippen LogP contribution in [0.3, 0.4) is 0 Å². The van der Waals surface area contributed by atoms with E-state index in [0.717, 1.165) is 19.3 Å². The van der Waals surface area contributed by atoms with Crippen molar-refractivity contribution in [1.82, 2.24) is 10.3 Å². The summed E-state index contributed by atoms with van der Waals surface area (Å²) >= 11 is 0. The predicted molar refractivity (Wildman–Crippen MR) is 76.2 cm³/mol. The summed E-state index contributed by atoms with van der Waals surface area (Å²) in [5, 5.41) is 14.2. The van der Waals surface area contributed by atoms with Gasteiger partial charge in [-0.25, -0.2) is 4.79 Å². The van der Waals surface area contributed by atoms with E-state index in [1.54, 1.807) is 19.2 Å². The molecule has 0 aromatic carbocycles. The number of carboxylic acid groups (broad SMARTS) is 1. The third-order valence-corrected chi connectivity index (χ3v) is 3.47. The Morgan fingerprint density at radius 1 is 1.43 bits per heavy atom. The zero-order valence-corrected chi connectivity index (χ0v) is 11.8. The second-order valence-electron chi connectivity index (χ2n) is 5.07. The molecule has 1 aliphatic rings. The molecule has 1 aliphatic carbocycles. The van der Waals surface area contributed by atoms with Gasteiger partial charge in [0.2, 0.25) is 0 Å². The van der Waals surface area contributed by atoms with Crippen LogP contribution in [0.2, 0.25) is 0 Å². The van der Waals surface area contributed by atoms with Gasteiger partial charge in [0.05, 0.1) is 30.1 Å². The van der Waals surface area contributed by atoms with Crippen LogP contribution in [0, 0.1) is 0 Å². The number of aromatic nitrogens is 1. The van der Waals surface area contributed by atoms with Crippen LogP contribution >= 0.6 is 0 Å². The van der Waals surface area contributed by atoms with Crippen LogP contribution in [-0.4, -0.2) is 41.3 Å². The highest BCUT2D eigenvalue weighted by atomic mass is 16.5. The average Bonchev–Trinajstić information content (AvgIpc) is 2.88. The molecule has 2 rings (SSSR count). The highest BCUT2D eigenvalue weighted by Crippen LogP contribution is 2.21. The first-order valence-electron chi connectivity index (χ1n) is 6.84. The van der Waals surface area contributed by atoms with Crippen LogP contribution in [0.25, 0.3) is 0 Å². The SMILES string of the molecule is COC1CCC(NC(=O)Nc2ccc(CC(=O)O)nc2)C1. The maximum Gasteiger partial charge on any atom is 0.319 e. The van der Waals surface area contributed by atoms with Gasteiger partial charge in [0, 0.05) is 13.2 Å². The van der Waals surface area contributed by atoms with E-state index in [1.165, 1.54) is 6.20 Å². The van der Waals surface area contributed by atoms with Crippen LogP contribution in [-0.2, 0) is 16.0 Å². The van der Waals surface area contributed by atoms with Crippen molar-refractivity contribution in [2.24, 2.45) is 0 Å². The van der Waals surface area contributed by atoms with Crippen LogP contribution in [0.15, 0.2) is 18.3 Å². The van der Waals surface area contributed by atoms with Crippen LogP contribution < -0.4 is 10.6 Å². The van der Waals surface area contributed by atoms with E-state index in [-0.39, 0.29) is 24.6 Å². The molecule has 7 heteroatoms. The van der Waals surface area contributed by atoms with Crippen molar-refractivity contribution in [1.29, 1.82) is 0 Å². The van der Waals surface area contributed by atoms with Crippen molar-refractivity contribution in [2.45, 2.75) is 37.8 Å². The number of ether oxygens (including phenoxy) is 1. The Morgan fingerprint density at radius 3 is 2.81 bits per heavy atom. The number of nitrogens with zero attached hydrogens (tertiary/aromatic N) is 1. The quantitative estimate of drug-likeness (QED) is 0.762. The number of carboxylic acids is 1. The molecule has 114 valence electrons. The van der Waals surface area contributed by atoms with Crippen molar-refractivity contribution in [2.75, 3.05) is 12.4 Å². The van der Waals surface area contributed by atoms with Crippen molar-refractivity contribution < 1.29 is 19.4 Å². The first-order chi connectivity index (χ1) is 10.1. The lowest BCUT2D eigenvalue weighted by molar-refractivity contribution is -0.136. The molecule has 3 N–H and O–H groups in total. The fourth-order valence-corrected chi connectivity index (χ4v) is 2.40. The summed E-state index contributed by atoms with van der Waals surface area (Å²) in [5.41, 5.74) is 0.982.